The Balaban J connectivity index is 1.48. The van der Waals surface area contributed by atoms with Crippen molar-refractivity contribution >= 4 is 11.9 Å². The number of amides is 1. The van der Waals surface area contributed by atoms with Crippen molar-refractivity contribution in [3.8, 4) is 0 Å². The van der Waals surface area contributed by atoms with Gasteiger partial charge in [0.2, 0.25) is 5.91 Å². The van der Waals surface area contributed by atoms with E-state index in [0.29, 0.717) is 12.5 Å². The third kappa shape index (κ3) is 5.33. The fourth-order valence-electron chi connectivity index (χ4n) is 4.19. The maximum absolute atomic E-state index is 12.6. The number of likely N-dealkylation sites (N-methyl/N-ethyl adjacent to an activating group) is 1. The zero-order valence-electron chi connectivity index (χ0n) is 16.4. The Morgan fingerprint density at radius 3 is 2.73 bits per heavy atom. The molecule has 26 heavy (non-hydrogen) atoms. The third-order valence-corrected chi connectivity index (χ3v) is 5.68. The molecule has 0 radical (unpaired) electrons. The molecule has 2 aliphatic heterocycles. The number of morpholine rings is 1. The van der Waals surface area contributed by atoms with Crippen LogP contribution in [0.4, 0.5) is 0 Å². The molecule has 0 aromatic rings. The second-order valence-electron chi connectivity index (χ2n) is 7.87. The van der Waals surface area contributed by atoms with Crippen LogP contribution in [0.5, 0.6) is 0 Å². The molecule has 3 fully saturated rings. The lowest BCUT2D eigenvalue weighted by Gasteiger charge is -2.29. The van der Waals surface area contributed by atoms with E-state index in [2.05, 4.69) is 34.4 Å². The van der Waals surface area contributed by atoms with E-state index in [1.165, 1.54) is 12.8 Å². The largest absolute Gasteiger partial charge is 0.374 e. The molecule has 0 aromatic carbocycles. The maximum atomic E-state index is 12.6. The van der Waals surface area contributed by atoms with Crippen LogP contribution in [0.2, 0.25) is 0 Å². The van der Waals surface area contributed by atoms with Gasteiger partial charge in [-0.1, -0.05) is 12.8 Å². The number of carbonyl (C=O) groups excluding carboxylic acids is 1. The van der Waals surface area contributed by atoms with Crippen LogP contribution in [0.3, 0.4) is 0 Å². The van der Waals surface area contributed by atoms with E-state index < -0.39 is 0 Å². The predicted octanol–water partition coefficient (Wildman–Crippen LogP) is 0.663. The normalized spacial score (nSPS) is 28.5. The average molecular weight is 366 g/mol. The smallest absolute Gasteiger partial charge is 0.225 e. The van der Waals surface area contributed by atoms with Crippen LogP contribution >= 0.6 is 0 Å². The van der Waals surface area contributed by atoms with Gasteiger partial charge in [0.15, 0.2) is 5.96 Å². The Hall–Kier alpha value is -1.34. The first-order valence-corrected chi connectivity index (χ1v) is 10.3. The summed E-state index contributed by atoms with van der Waals surface area (Å²) < 4.78 is 5.80. The fourth-order valence-corrected chi connectivity index (χ4v) is 4.19. The molecular formula is C19H35N5O2. The molecular weight excluding hydrogens is 330 g/mol. The standard InChI is InChI=1S/C19H35N5O2/c1-3-20-19(21-12-17-14-23(2)10-11-26-17)22-16-8-9-24(13-16)18(25)15-6-4-5-7-15/h15-17H,3-14H2,1-2H3,(H2,20,21,22). The summed E-state index contributed by atoms with van der Waals surface area (Å²) in [6.07, 6.45) is 5.73. The number of hydrogen-bond donors (Lipinski definition) is 2. The van der Waals surface area contributed by atoms with Gasteiger partial charge in [-0.15, -0.1) is 0 Å². The van der Waals surface area contributed by atoms with Crippen LogP contribution in [0.1, 0.15) is 39.0 Å². The number of ether oxygens (including phenoxy) is 1. The summed E-state index contributed by atoms with van der Waals surface area (Å²) in [7, 11) is 2.12. The highest BCUT2D eigenvalue weighted by Gasteiger charge is 2.32. The summed E-state index contributed by atoms with van der Waals surface area (Å²) in [6.45, 7) is 7.92. The molecule has 0 spiro atoms. The van der Waals surface area contributed by atoms with Gasteiger partial charge in [0.25, 0.3) is 0 Å². The highest BCUT2D eigenvalue weighted by molar-refractivity contribution is 5.81. The molecule has 2 atom stereocenters. The van der Waals surface area contributed by atoms with Gasteiger partial charge in [0, 0.05) is 44.7 Å². The molecule has 0 bridgehead atoms. The fraction of sp³-hybridized carbons (Fsp3) is 0.895. The minimum atomic E-state index is 0.160. The number of hydrogen-bond acceptors (Lipinski definition) is 4. The zero-order chi connectivity index (χ0) is 18.4. The van der Waals surface area contributed by atoms with Crippen LogP contribution in [-0.4, -0.2) is 86.7 Å². The Kier molecular flexibility index (Phi) is 7.14. The maximum Gasteiger partial charge on any atom is 0.225 e. The molecule has 1 amide bonds. The Morgan fingerprint density at radius 2 is 2.00 bits per heavy atom. The van der Waals surface area contributed by atoms with Gasteiger partial charge >= 0.3 is 0 Å². The summed E-state index contributed by atoms with van der Waals surface area (Å²) in [5.41, 5.74) is 0. The summed E-state index contributed by atoms with van der Waals surface area (Å²) in [5, 5.41) is 6.84. The second-order valence-corrected chi connectivity index (χ2v) is 7.87. The molecule has 148 valence electrons. The lowest BCUT2D eigenvalue weighted by atomic mass is 10.1. The Morgan fingerprint density at radius 1 is 1.19 bits per heavy atom. The number of aliphatic imine (C=N–C) groups is 1. The first-order chi connectivity index (χ1) is 12.7. The van der Waals surface area contributed by atoms with Crippen LogP contribution in [0.15, 0.2) is 4.99 Å². The van der Waals surface area contributed by atoms with Gasteiger partial charge in [-0.3, -0.25) is 9.79 Å². The van der Waals surface area contributed by atoms with Crippen LogP contribution in [-0.2, 0) is 9.53 Å². The van der Waals surface area contributed by atoms with E-state index in [9.17, 15) is 4.79 Å². The topological polar surface area (TPSA) is 69.2 Å². The Bertz CT molecular complexity index is 492. The van der Waals surface area contributed by atoms with E-state index >= 15 is 0 Å². The molecule has 3 aliphatic rings. The number of nitrogens with one attached hydrogen (secondary N) is 2. The summed E-state index contributed by atoms with van der Waals surface area (Å²) in [5.74, 6) is 1.48. The quantitative estimate of drug-likeness (QED) is 0.553. The molecule has 2 heterocycles. The minimum Gasteiger partial charge on any atom is -0.374 e. The number of guanidine groups is 1. The van der Waals surface area contributed by atoms with Crippen molar-refractivity contribution in [3.63, 3.8) is 0 Å². The highest BCUT2D eigenvalue weighted by Crippen LogP contribution is 2.27. The molecule has 2 N–H and O–H groups in total. The number of nitrogens with zero attached hydrogens (tertiary/aromatic N) is 3. The SMILES string of the molecule is CCNC(=NCC1CN(C)CCO1)NC1CCN(C(=O)C2CCCC2)C1. The molecule has 3 rings (SSSR count). The minimum absolute atomic E-state index is 0.160. The van der Waals surface area contributed by atoms with E-state index in [-0.39, 0.29) is 18.1 Å². The van der Waals surface area contributed by atoms with Gasteiger partial charge in [-0.2, -0.15) is 0 Å². The first-order valence-electron chi connectivity index (χ1n) is 10.3. The molecule has 2 saturated heterocycles. The predicted molar refractivity (Wildman–Crippen MR) is 103 cm³/mol. The van der Waals surface area contributed by atoms with E-state index in [4.69, 9.17) is 9.73 Å². The first kappa shape index (κ1) is 19.4. The number of rotatable bonds is 5. The van der Waals surface area contributed by atoms with Crippen molar-refractivity contribution in [2.45, 2.75) is 51.2 Å². The summed E-state index contributed by atoms with van der Waals surface area (Å²) in [4.78, 5) is 21.7. The van der Waals surface area contributed by atoms with Crippen LogP contribution in [0.25, 0.3) is 0 Å². The number of likely N-dealkylation sites (tertiary alicyclic amines) is 1. The summed E-state index contributed by atoms with van der Waals surface area (Å²) >= 11 is 0. The van der Waals surface area contributed by atoms with Crippen molar-refractivity contribution in [2.75, 3.05) is 52.9 Å². The van der Waals surface area contributed by atoms with Crippen molar-refractivity contribution in [3.05, 3.63) is 0 Å². The average Bonchev–Trinajstić information content (AvgIpc) is 3.31. The van der Waals surface area contributed by atoms with Gasteiger partial charge in [0.1, 0.15) is 0 Å². The van der Waals surface area contributed by atoms with Crippen molar-refractivity contribution < 1.29 is 9.53 Å². The molecule has 7 nitrogen and oxygen atoms in total. The lowest BCUT2D eigenvalue weighted by molar-refractivity contribution is -0.134. The van der Waals surface area contributed by atoms with Crippen LogP contribution < -0.4 is 10.6 Å². The van der Waals surface area contributed by atoms with E-state index in [1.807, 2.05) is 0 Å². The van der Waals surface area contributed by atoms with E-state index in [1.54, 1.807) is 0 Å². The highest BCUT2D eigenvalue weighted by atomic mass is 16.5. The molecule has 1 saturated carbocycles. The summed E-state index contributed by atoms with van der Waals surface area (Å²) in [6, 6.07) is 0.285. The molecule has 7 heteroatoms. The second kappa shape index (κ2) is 9.55. The third-order valence-electron chi connectivity index (χ3n) is 5.68. The van der Waals surface area contributed by atoms with Gasteiger partial charge in [0.05, 0.1) is 19.3 Å². The van der Waals surface area contributed by atoms with Gasteiger partial charge in [-0.05, 0) is 33.2 Å². The lowest BCUT2D eigenvalue weighted by Crippen LogP contribution is -2.46. The van der Waals surface area contributed by atoms with Crippen molar-refractivity contribution in [1.29, 1.82) is 0 Å². The zero-order valence-corrected chi connectivity index (χ0v) is 16.4. The molecule has 2 unspecified atom stereocenters. The Labute approximate surface area is 157 Å². The monoisotopic (exact) mass is 365 g/mol. The molecule has 1 aliphatic carbocycles. The van der Waals surface area contributed by atoms with Crippen molar-refractivity contribution in [2.24, 2.45) is 10.9 Å². The van der Waals surface area contributed by atoms with Crippen LogP contribution in [0, 0.1) is 5.92 Å². The molecule has 0 aromatic heterocycles. The van der Waals surface area contributed by atoms with Crippen molar-refractivity contribution in [1.82, 2.24) is 20.4 Å². The number of carbonyl (C=O) groups is 1. The van der Waals surface area contributed by atoms with Gasteiger partial charge < -0.3 is 25.2 Å². The van der Waals surface area contributed by atoms with Gasteiger partial charge in [-0.25, -0.2) is 0 Å². The van der Waals surface area contributed by atoms with E-state index in [0.717, 1.165) is 64.6 Å².